The van der Waals surface area contributed by atoms with E-state index in [1.54, 1.807) is 15.6 Å². The number of thiazole rings is 1. The molecule has 0 fully saturated rings. The number of aromatic nitrogens is 3. The molecule has 1 N–H and O–H groups in total. The lowest BCUT2D eigenvalue weighted by molar-refractivity contribution is 0.102. The molecule has 0 aliphatic rings. The lowest BCUT2D eigenvalue weighted by atomic mass is 10.3. The third-order valence-corrected chi connectivity index (χ3v) is 3.33. The molecule has 1 amide bonds. The quantitative estimate of drug-likeness (QED) is 0.804. The van der Waals surface area contributed by atoms with Crippen LogP contribution in [0.1, 0.15) is 16.2 Å². The molecule has 0 aliphatic heterocycles. The molecule has 0 unspecified atom stereocenters. The average Bonchev–Trinajstić information content (AvgIpc) is 3.09. The van der Waals surface area contributed by atoms with Crippen LogP contribution in [0.3, 0.4) is 0 Å². The van der Waals surface area contributed by atoms with Crippen molar-refractivity contribution in [1.29, 1.82) is 0 Å². The zero-order valence-electron chi connectivity index (χ0n) is 10.8. The number of carbonyl (C=O) groups is 1. The molecule has 5 nitrogen and oxygen atoms in total. The Bertz CT molecular complexity index is 719. The van der Waals surface area contributed by atoms with E-state index in [-0.39, 0.29) is 5.91 Å². The van der Waals surface area contributed by atoms with Crippen molar-refractivity contribution in [2.45, 2.75) is 6.92 Å². The summed E-state index contributed by atoms with van der Waals surface area (Å²) in [6.45, 7) is 1.89. The fraction of sp³-hybridized carbons (Fsp3) is 0.0714. The predicted molar refractivity (Wildman–Crippen MR) is 78.4 cm³/mol. The summed E-state index contributed by atoms with van der Waals surface area (Å²) in [5.74, 6) is 0.398. The van der Waals surface area contributed by atoms with Crippen LogP contribution in [0.15, 0.2) is 47.3 Å². The van der Waals surface area contributed by atoms with E-state index in [0.717, 1.165) is 11.4 Å². The summed E-state index contributed by atoms with van der Waals surface area (Å²) in [7, 11) is 0. The van der Waals surface area contributed by atoms with E-state index in [0.29, 0.717) is 11.5 Å². The summed E-state index contributed by atoms with van der Waals surface area (Å²) in [5, 5.41) is 8.95. The van der Waals surface area contributed by atoms with Gasteiger partial charge in [-0.05, 0) is 19.1 Å². The maximum atomic E-state index is 12.1. The number of nitrogens with one attached hydrogen (secondary N) is 1. The summed E-state index contributed by atoms with van der Waals surface area (Å²) in [5.41, 5.74) is 3.78. The molecule has 0 saturated carbocycles. The van der Waals surface area contributed by atoms with Crippen LogP contribution in [-0.2, 0) is 0 Å². The van der Waals surface area contributed by atoms with Crippen molar-refractivity contribution >= 4 is 23.1 Å². The highest BCUT2D eigenvalue weighted by Crippen LogP contribution is 2.17. The maximum absolute atomic E-state index is 12.1. The number of nitrogens with zero attached hydrogens (tertiary/aromatic N) is 3. The van der Waals surface area contributed by atoms with Crippen molar-refractivity contribution in [2.75, 3.05) is 5.32 Å². The highest BCUT2D eigenvalue weighted by Gasteiger charge is 2.13. The van der Waals surface area contributed by atoms with Crippen LogP contribution in [0.5, 0.6) is 0 Å². The second kappa shape index (κ2) is 5.26. The van der Waals surface area contributed by atoms with Crippen LogP contribution in [0.25, 0.3) is 5.69 Å². The lowest BCUT2D eigenvalue weighted by Gasteiger charge is -2.07. The highest BCUT2D eigenvalue weighted by molar-refractivity contribution is 7.07. The number of anilines is 1. The Balaban J connectivity index is 1.93. The van der Waals surface area contributed by atoms with Crippen LogP contribution in [0, 0.1) is 6.92 Å². The first-order valence-corrected chi connectivity index (χ1v) is 7.00. The maximum Gasteiger partial charge on any atom is 0.276 e. The smallest absolute Gasteiger partial charge is 0.276 e. The second-order valence-corrected chi connectivity index (χ2v) is 4.96. The zero-order valence-corrected chi connectivity index (χ0v) is 11.6. The first-order chi connectivity index (χ1) is 9.74. The van der Waals surface area contributed by atoms with E-state index in [1.807, 2.05) is 43.3 Å². The molecule has 3 rings (SSSR count). The molecular formula is C14H12N4OS. The van der Waals surface area contributed by atoms with Gasteiger partial charge >= 0.3 is 0 Å². The number of aryl methyl sites for hydroxylation is 1. The molecule has 2 aromatic heterocycles. The number of amides is 1. The average molecular weight is 284 g/mol. The van der Waals surface area contributed by atoms with Gasteiger partial charge in [0.05, 0.1) is 16.9 Å². The molecule has 0 radical (unpaired) electrons. The minimum atomic E-state index is -0.233. The molecule has 0 atom stereocenters. The molecular weight excluding hydrogens is 272 g/mol. The van der Waals surface area contributed by atoms with Gasteiger partial charge in [-0.2, -0.15) is 5.10 Å². The van der Waals surface area contributed by atoms with E-state index >= 15 is 0 Å². The molecule has 2 heterocycles. The van der Waals surface area contributed by atoms with E-state index in [1.165, 1.54) is 11.3 Å². The van der Waals surface area contributed by atoms with Gasteiger partial charge in [0.15, 0.2) is 0 Å². The Hall–Kier alpha value is -2.47. The number of para-hydroxylation sites is 1. The Morgan fingerprint density at radius 3 is 2.80 bits per heavy atom. The molecule has 6 heteroatoms. The van der Waals surface area contributed by atoms with Crippen LogP contribution >= 0.6 is 11.3 Å². The summed E-state index contributed by atoms with van der Waals surface area (Å²) < 4.78 is 1.71. The third kappa shape index (κ3) is 2.46. The Morgan fingerprint density at radius 2 is 2.10 bits per heavy atom. The number of hydrogen-bond donors (Lipinski definition) is 1. The van der Waals surface area contributed by atoms with Gasteiger partial charge in [-0.1, -0.05) is 18.2 Å². The van der Waals surface area contributed by atoms with Gasteiger partial charge in [0.2, 0.25) is 0 Å². The third-order valence-electron chi connectivity index (χ3n) is 2.74. The lowest BCUT2D eigenvalue weighted by Crippen LogP contribution is -2.15. The van der Waals surface area contributed by atoms with Gasteiger partial charge in [0.25, 0.3) is 5.91 Å². The van der Waals surface area contributed by atoms with Gasteiger partial charge in [-0.15, -0.1) is 11.3 Å². The summed E-state index contributed by atoms with van der Waals surface area (Å²) in [6.07, 6.45) is 0. The van der Waals surface area contributed by atoms with Gasteiger partial charge in [-0.3, -0.25) is 4.79 Å². The van der Waals surface area contributed by atoms with E-state index in [4.69, 9.17) is 0 Å². The van der Waals surface area contributed by atoms with Crippen molar-refractivity contribution < 1.29 is 4.79 Å². The number of carbonyl (C=O) groups excluding carboxylic acids is 1. The number of hydrogen-bond acceptors (Lipinski definition) is 4. The normalized spacial score (nSPS) is 10.4. The Morgan fingerprint density at radius 1 is 1.30 bits per heavy atom. The van der Waals surface area contributed by atoms with E-state index in [9.17, 15) is 4.79 Å². The first-order valence-electron chi connectivity index (χ1n) is 6.05. The standard InChI is InChI=1S/C14H12N4OS/c1-10-7-13(16-14(19)12-8-20-9-15-12)18(17-10)11-5-3-2-4-6-11/h2-9H,1H3,(H,16,19). The monoisotopic (exact) mass is 284 g/mol. The van der Waals surface area contributed by atoms with Crippen LogP contribution in [0.4, 0.5) is 5.82 Å². The van der Waals surface area contributed by atoms with Crippen molar-refractivity contribution in [3.63, 3.8) is 0 Å². The molecule has 0 aliphatic carbocycles. The molecule has 0 saturated heterocycles. The van der Waals surface area contributed by atoms with E-state index in [2.05, 4.69) is 15.4 Å². The number of rotatable bonds is 3. The summed E-state index contributed by atoms with van der Waals surface area (Å²) in [4.78, 5) is 16.1. The van der Waals surface area contributed by atoms with Crippen molar-refractivity contribution in [3.05, 3.63) is 58.7 Å². The van der Waals surface area contributed by atoms with Crippen molar-refractivity contribution in [2.24, 2.45) is 0 Å². The number of benzene rings is 1. The minimum absolute atomic E-state index is 0.233. The Labute approximate surface area is 119 Å². The molecule has 1 aromatic carbocycles. The molecule has 100 valence electrons. The van der Waals surface area contributed by atoms with Gasteiger partial charge in [-0.25, -0.2) is 9.67 Å². The van der Waals surface area contributed by atoms with Gasteiger partial charge < -0.3 is 5.32 Å². The van der Waals surface area contributed by atoms with Crippen LogP contribution < -0.4 is 5.32 Å². The Kier molecular flexibility index (Phi) is 3.30. The fourth-order valence-corrected chi connectivity index (χ4v) is 2.39. The SMILES string of the molecule is Cc1cc(NC(=O)c2cscn2)n(-c2ccccc2)n1. The van der Waals surface area contributed by atoms with Crippen LogP contribution in [-0.4, -0.2) is 20.7 Å². The predicted octanol–water partition coefficient (Wildman–Crippen LogP) is 2.89. The minimum Gasteiger partial charge on any atom is -0.305 e. The topological polar surface area (TPSA) is 59.8 Å². The highest BCUT2D eigenvalue weighted by atomic mass is 32.1. The summed E-state index contributed by atoms with van der Waals surface area (Å²) in [6, 6.07) is 11.5. The van der Waals surface area contributed by atoms with Crippen LogP contribution in [0.2, 0.25) is 0 Å². The van der Waals surface area contributed by atoms with E-state index < -0.39 is 0 Å². The second-order valence-electron chi connectivity index (χ2n) is 4.25. The fourth-order valence-electron chi connectivity index (χ4n) is 1.86. The van der Waals surface area contributed by atoms with Gasteiger partial charge in [0.1, 0.15) is 11.5 Å². The molecule has 3 aromatic rings. The molecule has 0 bridgehead atoms. The molecule has 20 heavy (non-hydrogen) atoms. The zero-order chi connectivity index (χ0) is 13.9. The van der Waals surface area contributed by atoms with Crippen molar-refractivity contribution in [1.82, 2.24) is 14.8 Å². The summed E-state index contributed by atoms with van der Waals surface area (Å²) >= 11 is 1.39. The molecule has 0 spiro atoms. The largest absolute Gasteiger partial charge is 0.305 e. The first kappa shape index (κ1) is 12.6. The van der Waals surface area contributed by atoms with Crippen molar-refractivity contribution in [3.8, 4) is 5.69 Å². The van der Waals surface area contributed by atoms with Gasteiger partial charge in [0, 0.05) is 11.4 Å².